The van der Waals surface area contributed by atoms with E-state index in [0.29, 0.717) is 0 Å². The van der Waals surface area contributed by atoms with Crippen LogP contribution in [-0.2, 0) is 25.7 Å². The van der Waals surface area contributed by atoms with Crippen molar-refractivity contribution in [1.29, 1.82) is 0 Å². The molecule has 0 aliphatic carbocycles. The van der Waals surface area contributed by atoms with Crippen molar-refractivity contribution in [2.45, 2.75) is 79.1 Å². The Labute approximate surface area is 410 Å². The molecule has 8 heteroatoms. The largest absolute Gasteiger partial charge is 0.139 e. The molecular weight excluding hydrogens is 929 g/mol. The number of thiophene rings is 8. The molecule has 10 rings (SSSR count). The van der Waals surface area contributed by atoms with Gasteiger partial charge < -0.3 is 0 Å². The van der Waals surface area contributed by atoms with Gasteiger partial charge in [-0.25, -0.2) is 0 Å². The fourth-order valence-corrected chi connectivity index (χ4v) is 17.2. The fraction of sp³-hybridized carbons (Fsp3) is 0.214. The van der Waals surface area contributed by atoms with Crippen molar-refractivity contribution in [3.05, 3.63) is 154 Å². The lowest BCUT2D eigenvalue weighted by molar-refractivity contribution is 0.670. The minimum absolute atomic E-state index is 1.04. The summed E-state index contributed by atoms with van der Waals surface area (Å²) in [6.45, 7) is 9.00. The van der Waals surface area contributed by atoms with Crippen LogP contribution in [0.25, 0.3) is 90.5 Å². The van der Waals surface area contributed by atoms with Gasteiger partial charge in [-0.05, 0) is 139 Å². The summed E-state index contributed by atoms with van der Waals surface area (Å²) in [6.07, 6.45) is 9.61. The quantitative estimate of drug-likeness (QED) is 0.0798. The number of rotatable bonds is 17. The van der Waals surface area contributed by atoms with Crippen molar-refractivity contribution in [3.63, 3.8) is 0 Å². The van der Waals surface area contributed by atoms with Gasteiger partial charge in [0.2, 0.25) is 0 Å². The Balaban J connectivity index is 0.998. The van der Waals surface area contributed by atoms with Gasteiger partial charge in [0.05, 0.1) is 9.75 Å². The second-order valence-corrected chi connectivity index (χ2v) is 24.9. The van der Waals surface area contributed by atoms with E-state index in [4.69, 9.17) is 0 Å². The Hall–Kier alpha value is -3.96. The van der Waals surface area contributed by atoms with E-state index in [-0.39, 0.29) is 0 Å². The molecule has 0 amide bonds. The van der Waals surface area contributed by atoms with Gasteiger partial charge in [-0.2, -0.15) is 0 Å². The zero-order chi connectivity index (χ0) is 43.6. The van der Waals surface area contributed by atoms with E-state index in [0.717, 1.165) is 19.3 Å². The lowest BCUT2D eigenvalue weighted by Gasteiger charge is -2.04. The second-order valence-electron chi connectivity index (χ2n) is 16.2. The van der Waals surface area contributed by atoms with Crippen LogP contribution in [0, 0.1) is 0 Å². The molecule has 0 unspecified atom stereocenters. The summed E-state index contributed by atoms with van der Waals surface area (Å²) >= 11 is 15.5. The third-order valence-corrected chi connectivity index (χ3v) is 22.2. The maximum Gasteiger partial charge on any atom is 0.0528 e. The molecule has 0 saturated heterocycles. The summed E-state index contributed by atoms with van der Waals surface area (Å²) < 4.78 is 0. The average molecular weight is 980 g/mol. The molecule has 0 aliphatic rings. The number of hydrogen-bond acceptors (Lipinski definition) is 8. The summed E-state index contributed by atoms with van der Waals surface area (Å²) in [7, 11) is 0. The zero-order valence-corrected chi connectivity index (χ0v) is 43.2. The van der Waals surface area contributed by atoms with Crippen LogP contribution in [0.2, 0.25) is 0 Å². The fourth-order valence-electron chi connectivity index (χ4n) is 8.12. The second kappa shape index (κ2) is 19.9. The molecule has 8 heterocycles. The van der Waals surface area contributed by atoms with Gasteiger partial charge in [0.1, 0.15) is 0 Å². The summed E-state index contributed by atoms with van der Waals surface area (Å²) in [5.41, 5.74) is 7.94. The number of unbranched alkanes of at least 4 members (excludes halogenated alkanes) is 3. The predicted molar refractivity (Wildman–Crippen MR) is 294 cm³/mol. The highest BCUT2D eigenvalue weighted by Crippen LogP contribution is 2.53. The first-order valence-corrected chi connectivity index (χ1v) is 29.1. The van der Waals surface area contributed by atoms with Crippen molar-refractivity contribution < 1.29 is 0 Å². The van der Waals surface area contributed by atoms with Crippen molar-refractivity contribution in [1.82, 2.24) is 0 Å². The van der Waals surface area contributed by atoms with Gasteiger partial charge in [-0.3, -0.25) is 0 Å². The first-order chi connectivity index (χ1) is 31.5. The molecule has 0 saturated carbocycles. The lowest BCUT2D eigenvalue weighted by Crippen LogP contribution is -1.81. The highest BCUT2D eigenvalue weighted by atomic mass is 32.1. The summed E-state index contributed by atoms with van der Waals surface area (Å²) in [6, 6.07) is 51.4. The van der Waals surface area contributed by atoms with E-state index in [9.17, 15) is 0 Å². The molecule has 2 aromatic carbocycles. The summed E-state index contributed by atoms with van der Waals surface area (Å²) in [5, 5.41) is 0. The molecule has 0 fully saturated rings. The van der Waals surface area contributed by atoms with Crippen molar-refractivity contribution in [3.8, 4) is 90.5 Å². The van der Waals surface area contributed by atoms with E-state index in [1.165, 1.54) is 144 Å². The standard InChI is InChI=1S/C56H50S8/c1-5-9-10-11-12-40-22-24-44(58-40)46-26-28-48(60-46)50-30-32-52(62-50)56-42(38-19-15-36(7-3)16-20-38)34-54(64-56)53-33-41(37-17-13-35(6-2)14-18-37)55(63-53)51-31-29-49(61-51)47-27-25-45(59-47)43-23-21-39(8-4)57-43/h13-34H,5-12H2,1-4H3. The normalized spacial score (nSPS) is 11.6. The highest BCUT2D eigenvalue weighted by Gasteiger charge is 2.22. The maximum absolute atomic E-state index is 2.47. The van der Waals surface area contributed by atoms with Gasteiger partial charge in [-0.1, -0.05) is 95.5 Å². The summed E-state index contributed by atoms with van der Waals surface area (Å²) in [4.78, 5) is 21.8. The first kappa shape index (κ1) is 43.9. The molecule has 0 nitrogen and oxygen atoms in total. The molecule has 64 heavy (non-hydrogen) atoms. The van der Waals surface area contributed by atoms with Crippen LogP contribution in [0.15, 0.2) is 133 Å². The Kier molecular flexibility index (Phi) is 13.6. The molecule has 8 aromatic heterocycles. The van der Waals surface area contributed by atoms with E-state index < -0.39 is 0 Å². The van der Waals surface area contributed by atoms with E-state index in [2.05, 4.69) is 161 Å². The van der Waals surface area contributed by atoms with E-state index >= 15 is 0 Å². The SMILES string of the molecule is CCCCCCc1ccc(-c2ccc(-c3ccc(-c4sc(-c5cc(-c6ccc(CC)cc6)c(-c6ccc(-c7ccc(-c8ccc(CC)s8)s7)s6)s5)cc4-c4ccc(CC)cc4)s3)s2)s1. The molecule has 322 valence electrons. The third kappa shape index (κ3) is 9.36. The zero-order valence-electron chi connectivity index (χ0n) is 36.6. The van der Waals surface area contributed by atoms with Crippen LogP contribution in [0.1, 0.15) is 74.3 Å². The van der Waals surface area contributed by atoms with Crippen LogP contribution < -0.4 is 0 Å². The molecule has 10 aromatic rings. The molecule has 0 aliphatic heterocycles. The summed E-state index contributed by atoms with van der Waals surface area (Å²) in [5.74, 6) is 0. The Morgan fingerprint density at radius 1 is 0.297 bits per heavy atom. The monoisotopic (exact) mass is 978 g/mol. The minimum atomic E-state index is 1.04. The van der Waals surface area contributed by atoms with Crippen molar-refractivity contribution in [2.75, 3.05) is 0 Å². The smallest absolute Gasteiger partial charge is 0.0528 e. The highest BCUT2D eigenvalue weighted by molar-refractivity contribution is 7.32. The van der Waals surface area contributed by atoms with Gasteiger partial charge in [0.15, 0.2) is 0 Å². The molecular formula is C56H50S8. The first-order valence-electron chi connectivity index (χ1n) is 22.5. The number of benzene rings is 2. The Morgan fingerprint density at radius 2 is 0.672 bits per heavy atom. The van der Waals surface area contributed by atoms with Gasteiger partial charge in [0.25, 0.3) is 0 Å². The topological polar surface area (TPSA) is 0 Å². The minimum Gasteiger partial charge on any atom is -0.139 e. The average Bonchev–Trinajstić information content (AvgIpc) is 4.18. The third-order valence-electron chi connectivity index (χ3n) is 11.8. The van der Waals surface area contributed by atoms with Crippen LogP contribution >= 0.6 is 90.7 Å². The van der Waals surface area contributed by atoms with Crippen LogP contribution in [-0.4, -0.2) is 0 Å². The van der Waals surface area contributed by atoms with Gasteiger partial charge >= 0.3 is 0 Å². The lowest BCUT2D eigenvalue weighted by atomic mass is 10.0. The Morgan fingerprint density at radius 3 is 1.08 bits per heavy atom. The van der Waals surface area contributed by atoms with Crippen LogP contribution in [0.4, 0.5) is 0 Å². The number of hydrogen-bond donors (Lipinski definition) is 0. The molecule has 0 spiro atoms. The van der Waals surface area contributed by atoms with Crippen molar-refractivity contribution in [2.24, 2.45) is 0 Å². The van der Waals surface area contributed by atoms with Gasteiger partial charge in [-0.15, -0.1) is 90.7 Å². The van der Waals surface area contributed by atoms with Gasteiger partial charge in [0, 0.05) is 79.4 Å². The van der Waals surface area contributed by atoms with E-state index in [1.54, 1.807) is 0 Å². The van der Waals surface area contributed by atoms with Crippen molar-refractivity contribution >= 4 is 90.7 Å². The molecule has 0 N–H and O–H groups in total. The van der Waals surface area contributed by atoms with Crippen LogP contribution in [0.5, 0.6) is 0 Å². The number of aryl methyl sites for hydroxylation is 4. The molecule has 0 radical (unpaired) electrons. The molecule has 0 atom stereocenters. The molecule has 0 bridgehead atoms. The van der Waals surface area contributed by atoms with E-state index in [1.807, 2.05) is 90.7 Å². The predicted octanol–water partition coefficient (Wildman–Crippen LogP) is 21.0. The Bertz CT molecular complexity index is 3100. The maximum atomic E-state index is 2.47. The van der Waals surface area contributed by atoms with Crippen LogP contribution in [0.3, 0.4) is 0 Å².